The average Bonchev–Trinajstić information content (AvgIpc) is 2.62. The van der Waals surface area contributed by atoms with E-state index in [4.69, 9.17) is 16.3 Å². The Bertz CT molecular complexity index is 922. The van der Waals surface area contributed by atoms with Crippen molar-refractivity contribution in [1.29, 1.82) is 0 Å². The summed E-state index contributed by atoms with van der Waals surface area (Å²) in [5.41, 5.74) is 1.77. The normalized spacial score (nSPS) is 10.9. The molecule has 1 amide bonds. The molecule has 3 aromatic rings. The third-order valence-corrected chi connectivity index (χ3v) is 4.40. The summed E-state index contributed by atoms with van der Waals surface area (Å²) in [6.45, 7) is 0.945. The Kier molecular flexibility index (Phi) is 5.76. The second-order valence-corrected chi connectivity index (χ2v) is 6.64. The van der Waals surface area contributed by atoms with Gasteiger partial charge in [0.15, 0.2) is 0 Å². The number of benzene rings is 3. The zero-order valence-corrected chi connectivity index (χ0v) is 15.6. The Morgan fingerprint density at radius 1 is 1.12 bits per heavy atom. The fourth-order valence-electron chi connectivity index (χ4n) is 2.99. The van der Waals surface area contributed by atoms with Gasteiger partial charge in [0.25, 0.3) is 0 Å². The minimum Gasteiger partial charge on any atom is -0.495 e. The van der Waals surface area contributed by atoms with E-state index in [0.29, 0.717) is 23.0 Å². The fraction of sp³-hybridized carbons (Fsp3) is 0.190. The quantitative estimate of drug-likeness (QED) is 0.692. The smallest absolute Gasteiger partial charge is 0.238 e. The van der Waals surface area contributed by atoms with E-state index in [2.05, 4.69) is 29.6 Å². The molecule has 0 saturated heterocycles. The molecule has 0 heterocycles. The molecule has 0 aromatic heterocycles. The summed E-state index contributed by atoms with van der Waals surface area (Å²) in [4.78, 5) is 14.4. The van der Waals surface area contributed by atoms with Crippen molar-refractivity contribution in [2.75, 3.05) is 26.0 Å². The molecule has 1 N–H and O–H groups in total. The SMILES string of the molecule is COc1ccc(Cl)cc1NC(=O)CN(C)Cc1cccc2ccccc12. The molecular formula is C21H21ClN2O2. The molecule has 0 fully saturated rings. The summed E-state index contributed by atoms with van der Waals surface area (Å²) in [5.74, 6) is 0.466. The van der Waals surface area contributed by atoms with Crippen molar-refractivity contribution in [3.8, 4) is 5.75 Å². The third-order valence-electron chi connectivity index (χ3n) is 4.17. The first-order valence-corrected chi connectivity index (χ1v) is 8.73. The van der Waals surface area contributed by atoms with Crippen molar-refractivity contribution in [3.63, 3.8) is 0 Å². The maximum atomic E-state index is 12.4. The van der Waals surface area contributed by atoms with Crippen LogP contribution in [0.2, 0.25) is 5.02 Å². The largest absolute Gasteiger partial charge is 0.495 e. The number of fused-ring (bicyclic) bond motifs is 1. The van der Waals surface area contributed by atoms with Gasteiger partial charge in [0, 0.05) is 11.6 Å². The predicted molar refractivity (Wildman–Crippen MR) is 107 cm³/mol. The highest BCUT2D eigenvalue weighted by Gasteiger charge is 2.12. The van der Waals surface area contributed by atoms with Gasteiger partial charge in [-0.25, -0.2) is 0 Å². The minimum absolute atomic E-state index is 0.117. The molecule has 4 nitrogen and oxygen atoms in total. The van der Waals surface area contributed by atoms with Crippen LogP contribution in [0.3, 0.4) is 0 Å². The molecule has 0 aliphatic heterocycles. The van der Waals surface area contributed by atoms with Crippen molar-refractivity contribution in [2.45, 2.75) is 6.54 Å². The summed E-state index contributed by atoms with van der Waals surface area (Å²) < 4.78 is 5.26. The topological polar surface area (TPSA) is 41.6 Å². The highest BCUT2D eigenvalue weighted by atomic mass is 35.5. The number of halogens is 1. The molecule has 0 saturated carbocycles. The number of nitrogens with one attached hydrogen (secondary N) is 1. The standard InChI is InChI=1S/C21H21ClN2O2/c1-24(13-16-8-5-7-15-6-3-4-9-18(15)16)14-21(25)23-19-12-17(22)10-11-20(19)26-2/h3-12H,13-14H2,1-2H3,(H,23,25). The molecule has 0 atom stereocenters. The number of hydrogen-bond donors (Lipinski definition) is 1. The maximum absolute atomic E-state index is 12.4. The molecular weight excluding hydrogens is 348 g/mol. The van der Waals surface area contributed by atoms with Crippen LogP contribution < -0.4 is 10.1 Å². The Labute approximate surface area is 158 Å². The second kappa shape index (κ2) is 8.21. The van der Waals surface area contributed by atoms with Crippen molar-refractivity contribution >= 4 is 34.0 Å². The number of hydrogen-bond acceptors (Lipinski definition) is 3. The van der Waals surface area contributed by atoms with Crippen molar-refractivity contribution in [2.24, 2.45) is 0 Å². The van der Waals surface area contributed by atoms with Gasteiger partial charge in [0.05, 0.1) is 19.3 Å². The lowest BCUT2D eigenvalue weighted by Crippen LogP contribution is -2.30. The summed E-state index contributed by atoms with van der Waals surface area (Å²) in [6.07, 6.45) is 0. The fourth-order valence-corrected chi connectivity index (χ4v) is 3.16. The first-order chi connectivity index (χ1) is 12.6. The average molecular weight is 369 g/mol. The first kappa shape index (κ1) is 18.2. The van der Waals surface area contributed by atoms with E-state index in [1.165, 1.54) is 16.3 Å². The van der Waals surface area contributed by atoms with Gasteiger partial charge in [-0.2, -0.15) is 0 Å². The highest BCUT2D eigenvalue weighted by Crippen LogP contribution is 2.27. The first-order valence-electron chi connectivity index (χ1n) is 8.35. The van der Waals surface area contributed by atoms with E-state index in [1.54, 1.807) is 25.3 Å². The van der Waals surface area contributed by atoms with E-state index in [1.807, 2.05) is 30.1 Å². The third kappa shape index (κ3) is 4.34. The zero-order chi connectivity index (χ0) is 18.5. The Balaban J connectivity index is 1.67. The number of nitrogens with zero attached hydrogens (tertiary/aromatic N) is 1. The van der Waals surface area contributed by atoms with Crippen LogP contribution in [0.15, 0.2) is 60.7 Å². The van der Waals surface area contributed by atoms with Crippen LogP contribution in [0.1, 0.15) is 5.56 Å². The highest BCUT2D eigenvalue weighted by molar-refractivity contribution is 6.31. The summed E-state index contributed by atoms with van der Waals surface area (Å²) in [6, 6.07) is 19.6. The van der Waals surface area contributed by atoms with Crippen LogP contribution in [-0.2, 0) is 11.3 Å². The molecule has 0 radical (unpaired) electrons. The van der Waals surface area contributed by atoms with Gasteiger partial charge in [0.1, 0.15) is 5.75 Å². The van der Waals surface area contributed by atoms with E-state index in [9.17, 15) is 4.79 Å². The number of rotatable bonds is 6. The number of methoxy groups -OCH3 is 1. The van der Waals surface area contributed by atoms with E-state index >= 15 is 0 Å². The van der Waals surface area contributed by atoms with Gasteiger partial charge in [-0.3, -0.25) is 9.69 Å². The van der Waals surface area contributed by atoms with E-state index < -0.39 is 0 Å². The lowest BCUT2D eigenvalue weighted by atomic mass is 10.0. The minimum atomic E-state index is -0.117. The molecule has 3 aromatic carbocycles. The van der Waals surface area contributed by atoms with Crippen molar-refractivity contribution in [3.05, 3.63) is 71.2 Å². The summed E-state index contributed by atoms with van der Waals surface area (Å²) >= 11 is 6.01. The van der Waals surface area contributed by atoms with E-state index in [-0.39, 0.29) is 12.5 Å². The maximum Gasteiger partial charge on any atom is 0.238 e. The Morgan fingerprint density at radius 3 is 2.69 bits per heavy atom. The number of carbonyl (C=O) groups is 1. The van der Waals surface area contributed by atoms with Crippen molar-refractivity contribution < 1.29 is 9.53 Å². The number of anilines is 1. The van der Waals surface area contributed by atoms with Crippen LogP contribution in [0, 0.1) is 0 Å². The molecule has 134 valence electrons. The number of ether oxygens (including phenoxy) is 1. The van der Waals surface area contributed by atoms with Gasteiger partial charge in [-0.1, -0.05) is 54.1 Å². The monoisotopic (exact) mass is 368 g/mol. The molecule has 0 spiro atoms. The van der Waals surface area contributed by atoms with Crippen LogP contribution in [0.5, 0.6) is 5.75 Å². The lowest BCUT2D eigenvalue weighted by molar-refractivity contribution is -0.117. The summed E-state index contributed by atoms with van der Waals surface area (Å²) in [7, 11) is 3.49. The molecule has 5 heteroatoms. The van der Waals surface area contributed by atoms with E-state index in [0.717, 1.165) is 0 Å². The number of carbonyl (C=O) groups excluding carboxylic acids is 1. The molecule has 0 aliphatic rings. The molecule has 0 bridgehead atoms. The molecule has 0 unspecified atom stereocenters. The van der Waals surface area contributed by atoms with Gasteiger partial charge >= 0.3 is 0 Å². The van der Waals surface area contributed by atoms with Gasteiger partial charge in [-0.05, 0) is 41.6 Å². The number of likely N-dealkylation sites (N-methyl/N-ethyl adjacent to an activating group) is 1. The molecule has 3 rings (SSSR count). The Hall–Kier alpha value is -2.56. The molecule has 26 heavy (non-hydrogen) atoms. The van der Waals surface area contributed by atoms with Gasteiger partial charge in [-0.15, -0.1) is 0 Å². The van der Waals surface area contributed by atoms with Crippen LogP contribution in [-0.4, -0.2) is 31.5 Å². The lowest BCUT2D eigenvalue weighted by Gasteiger charge is -2.18. The summed E-state index contributed by atoms with van der Waals surface area (Å²) in [5, 5.41) is 5.82. The number of amides is 1. The van der Waals surface area contributed by atoms with Crippen LogP contribution >= 0.6 is 11.6 Å². The van der Waals surface area contributed by atoms with Crippen LogP contribution in [0.25, 0.3) is 10.8 Å². The van der Waals surface area contributed by atoms with Crippen LogP contribution in [0.4, 0.5) is 5.69 Å². The zero-order valence-electron chi connectivity index (χ0n) is 14.8. The molecule has 0 aliphatic carbocycles. The van der Waals surface area contributed by atoms with Gasteiger partial charge < -0.3 is 10.1 Å². The Morgan fingerprint density at radius 2 is 1.88 bits per heavy atom. The van der Waals surface area contributed by atoms with Crippen molar-refractivity contribution in [1.82, 2.24) is 4.90 Å². The predicted octanol–water partition coefficient (Wildman–Crippen LogP) is 4.57. The second-order valence-electron chi connectivity index (χ2n) is 6.20. The van der Waals surface area contributed by atoms with Gasteiger partial charge in [0.2, 0.25) is 5.91 Å².